The van der Waals surface area contributed by atoms with Crippen molar-refractivity contribution in [3.63, 3.8) is 0 Å². The van der Waals surface area contributed by atoms with E-state index in [1.807, 2.05) is 6.92 Å². The number of amides is 1. The van der Waals surface area contributed by atoms with Crippen LogP contribution in [0.25, 0.3) is 0 Å². The summed E-state index contributed by atoms with van der Waals surface area (Å²) in [6.45, 7) is 1.85. The highest BCUT2D eigenvalue weighted by Crippen LogP contribution is 2.24. The molecule has 0 aromatic heterocycles. The van der Waals surface area contributed by atoms with Crippen LogP contribution in [-0.2, 0) is 10.0 Å². The van der Waals surface area contributed by atoms with Crippen LogP contribution in [-0.4, -0.2) is 20.7 Å². The molecule has 0 bridgehead atoms. The molecule has 0 spiro atoms. The van der Waals surface area contributed by atoms with Gasteiger partial charge in [0.05, 0.1) is 4.90 Å². The van der Waals surface area contributed by atoms with Crippen LogP contribution in [0.15, 0.2) is 77.7 Å². The van der Waals surface area contributed by atoms with E-state index in [4.69, 9.17) is 0 Å². The maximum Gasteiger partial charge on any atom is 0.573 e. The van der Waals surface area contributed by atoms with Crippen molar-refractivity contribution in [2.24, 2.45) is 0 Å². The number of rotatable bonds is 6. The van der Waals surface area contributed by atoms with E-state index < -0.39 is 28.0 Å². The van der Waals surface area contributed by atoms with Crippen LogP contribution in [0.1, 0.15) is 15.9 Å². The minimum Gasteiger partial charge on any atom is -0.406 e. The van der Waals surface area contributed by atoms with Crippen LogP contribution in [0.2, 0.25) is 0 Å². The van der Waals surface area contributed by atoms with Crippen molar-refractivity contribution in [3.05, 3.63) is 83.9 Å². The second kappa shape index (κ2) is 8.68. The Kier molecular flexibility index (Phi) is 6.21. The fourth-order valence-electron chi connectivity index (χ4n) is 2.56. The summed E-state index contributed by atoms with van der Waals surface area (Å²) in [4.78, 5) is 12.4. The van der Waals surface area contributed by atoms with Gasteiger partial charge in [0.2, 0.25) is 0 Å². The number of aryl methyl sites for hydroxylation is 1. The Morgan fingerprint density at radius 1 is 0.839 bits per heavy atom. The van der Waals surface area contributed by atoms with Crippen molar-refractivity contribution in [2.45, 2.75) is 18.2 Å². The van der Waals surface area contributed by atoms with Crippen LogP contribution in [0.3, 0.4) is 0 Å². The molecule has 3 aromatic rings. The zero-order valence-corrected chi connectivity index (χ0v) is 16.9. The standard InChI is InChI=1S/C21H17F3N2O4S/c1-14-2-12-19(13-3-14)31(28,29)26-17-6-4-15(5-7-17)20(27)25-16-8-10-18(11-9-16)30-21(22,23)24/h2-13,26H,1H3,(H,25,27). The number of ether oxygens (including phenoxy) is 1. The van der Waals surface area contributed by atoms with E-state index in [1.54, 1.807) is 12.1 Å². The minimum absolute atomic E-state index is 0.109. The van der Waals surface area contributed by atoms with Gasteiger partial charge in [0, 0.05) is 16.9 Å². The molecule has 0 atom stereocenters. The van der Waals surface area contributed by atoms with E-state index in [9.17, 15) is 26.4 Å². The molecule has 0 fully saturated rings. The quantitative estimate of drug-likeness (QED) is 0.557. The highest BCUT2D eigenvalue weighted by Gasteiger charge is 2.31. The molecule has 6 nitrogen and oxygen atoms in total. The third-order valence-corrected chi connectivity index (χ3v) is 5.47. The Morgan fingerprint density at radius 3 is 1.94 bits per heavy atom. The van der Waals surface area contributed by atoms with Gasteiger partial charge in [0.25, 0.3) is 15.9 Å². The van der Waals surface area contributed by atoms with Gasteiger partial charge in [-0.05, 0) is 67.6 Å². The summed E-state index contributed by atoms with van der Waals surface area (Å²) in [5, 5.41) is 2.53. The predicted octanol–water partition coefficient (Wildman–Crippen LogP) is 4.95. The largest absolute Gasteiger partial charge is 0.573 e. The van der Waals surface area contributed by atoms with Crippen LogP contribution < -0.4 is 14.8 Å². The van der Waals surface area contributed by atoms with Crippen LogP contribution >= 0.6 is 0 Å². The zero-order valence-electron chi connectivity index (χ0n) is 16.1. The summed E-state index contributed by atoms with van der Waals surface area (Å²) >= 11 is 0. The number of nitrogens with one attached hydrogen (secondary N) is 2. The van der Waals surface area contributed by atoms with Gasteiger partial charge in [-0.3, -0.25) is 9.52 Å². The fourth-order valence-corrected chi connectivity index (χ4v) is 3.62. The van der Waals surface area contributed by atoms with E-state index in [2.05, 4.69) is 14.8 Å². The average molecular weight is 450 g/mol. The first-order valence-electron chi connectivity index (χ1n) is 8.89. The Labute approximate surface area is 176 Å². The molecule has 0 saturated carbocycles. The molecule has 0 aliphatic heterocycles. The molecule has 0 unspecified atom stereocenters. The molecule has 3 rings (SSSR count). The maximum atomic E-state index is 12.4. The minimum atomic E-state index is -4.80. The molecule has 0 radical (unpaired) electrons. The molecule has 0 aliphatic rings. The molecule has 0 aliphatic carbocycles. The molecule has 1 amide bonds. The van der Waals surface area contributed by atoms with Crippen LogP contribution in [0.5, 0.6) is 5.75 Å². The van der Waals surface area contributed by atoms with E-state index in [0.717, 1.165) is 17.7 Å². The van der Waals surface area contributed by atoms with Gasteiger partial charge in [0.15, 0.2) is 0 Å². The summed E-state index contributed by atoms with van der Waals surface area (Å²) in [5.41, 5.74) is 1.69. The lowest BCUT2D eigenvalue weighted by atomic mass is 10.2. The number of halogens is 3. The van der Waals surface area contributed by atoms with Crippen LogP contribution in [0, 0.1) is 6.92 Å². The van der Waals surface area contributed by atoms with Crippen molar-refractivity contribution in [2.75, 3.05) is 10.0 Å². The second-order valence-corrected chi connectivity index (χ2v) is 8.20. The van der Waals surface area contributed by atoms with Gasteiger partial charge in [-0.25, -0.2) is 8.42 Å². The molecule has 10 heteroatoms. The first-order valence-corrected chi connectivity index (χ1v) is 10.4. The SMILES string of the molecule is Cc1ccc(S(=O)(=O)Nc2ccc(C(=O)Nc3ccc(OC(F)(F)F)cc3)cc2)cc1. The van der Waals surface area contributed by atoms with Gasteiger partial charge in [-0.2, -0.15) is 0 Å². The number of carbonyl (C=O) groups is 1. The first-order chi connectivity index (χ1) is 14.5. The first kappa shape index (κ1) is 22.2. The molecule has 3 aromatic carbocycles. The predicted molar refractivity (Wildman–Crippen MR) is 110 cm³/mol. The lowest BCUT2D eigenvalue weighted by molar-refractivity contribution is -0.274. The monoisotopic (exact) mass is 450 g/mol. The zero-order chi connectivity index (χ0) is 22.6. The molecule has 0 saturated heterocycles. The highest BCUT2D eigenvalue weighted by molar-refractivity contribution is 7.92. The summed E-state index contributed by atoms with van der Waals surface area (Å²) in [6.07, 6.45) is -4.80. The molecule has 162 valence electrons. The number of sulfonamides is 1. The number of benzene rings is 3. The number of hydrogen-bond acceptors (Lipinski definition) is 4. The van der Waals surface area contributed by atoms with Gasteiger partial charge < -0.3 is 10.1 Å². The van der Waals surface area contributed by atoms with Crippen LogP contribution in [0.4, 0.5) is 24.5 Å². The van der Waals surface area contributed by atoms with E-state index in [0.29, 0.717) is 0 Å². The van der Waals surface area contributed by atoms with Gasteiger partial charge in [-0.1, -0.05) is 17.7 Å². The third kappa shape index (κ3) is 6.22. The Morgan fingerprint density at radius 2 is 1.39 bits per heavy atom. The van der Waals surface area contributed by atoms with Crippen molar-refractivity contribution in [1.29, 1.82) is 0 Å². The number of alkyl halides is 3. The number of anilines is 2. The van der Waals surface area contributed by atoms with Gasteiger partial charge >= 0.3 is 6.36 Å². The normalized spacial score (nSPS) is 11.6. The summed E-state index contributed by atoms with van der Waals surface area (Å²) < 4.78 is 67.6. The van der Waals surface area contributed by atoms with E-state index in [1.165, 1.54) is 48.5 Å². The summed E-state index contributed by atoms with van der Waals surface area (Å²) in [6, 6.07) is 16.7. The second-order valence-electron chi connectivity index (χ2n) is 6.52. The molecular formula is C21H17F3N2O4S. The molecule has 31 heavy (non-hydrogen) atoms. The summed E-state index contributed by atoms with van der Waals surface area (Å²) in [5.74, 6) is -0.923. The average Bonchev–Trinajstić information content (AvgIpc) is 2.69. The van der Waals surface area contributed by atoms with Crippen molar-refractivity contribution >= 4 is 27.3 Å². The fraction of sp³-hybridized carbons (Fsp3) is 0.0952. The van der Waals surface area contributed by atoms with Crippen molar-refractivity contribution in [1.82, 2.24) is 0 Å². The Hall–Kier alpha value is -3.53. The third-order valence-electron chi connectivity index (χ3n) is 4.08. The van der Waals surface area contributed by atoms with Crippen molar-refractivity contribution < 1.29 is 31.1 Å². The van der Waals surface area contributed by atoms with Gasteiger partial charge in [-0.15, -0.1) is 13.2 Å². The van der Waals surface area contributed by atoms with E-state index >= 15 is 0 Å². The molecule has 0 heterocycles. The van der Waals surface area contributed by atoms with Crippen molar-refractivity contribution in [3.8, 4) is 5.75 Å². The highest BCUT2D eigenvalue weighted by atomic mass is 32.2. The summed E-state index contributed by atoms with van der Waals surface area (Å²) in [7, 11) is -3.77. The number of carbonyl (C=O) groups excluding carboxylic acids is 1. The lowest BCUT2D eigenvalue weighted by Gasteiger charge is -2.11. The topological polar surface area (TPSA) is 84.5 Å². The Balaban J connectivity index is 1.64. The number of hydrogen-bond donors (Lipinski definition) is 2. The smallest absolute Gasteiger partial charge is 0.406 e. The van der Waals surface area contributed by atoms with Gasteiger partial charge in [0.1, 0.15) is 5.75 Å². The molecule has 2 N–H and O–H groups in total. The Bertz CT molecular complexity index is 1160. The lowest BCUT2D eigenvalue weighted by Crippen LogP contribution is -2.17. The van der Waals surface area contributed by atoms with E-state index in [-0.39, 0.29) is 21.8 Å². The maximum absolute atomic E-state index is 12.4. The molecular weight excluding hydrogens is 433 g/mol.